The molecule has 3 unspecified atom stereocenters. The number of nitrogens with zero attached hydrogens (tertiary/aromatic N) is 4. The Bertz CT molecular complexity index is 1170. The van der Waals surface area contributed by atoms with Crippen LogP contribution in [-0.4, -0.2) is 78.5 Å². The topological polar surface area (TPSA) is 129 Å². The van der Waals surface area contributed by atoms with Gasteiger partial charge in [-0.1, -0.05) is 31.2 Å². The number of rotatable bonds is 11. The van der Waals surface area contributed by atoms with E-state index in [1.54, 1.807) is 21.3 Å². The lowest BCUT2D eigenvalue weighted by Gasteiger charge is -2.38. The molecule has 1 aromatic carbocycles. The number of amides is 3. The maximum absolute atomic E-state index is 14.0. The molecule has 4 heterocycles. The Balaban J connectivity index is 1.42. The Morgan fingerprint density at radius 1 is 1.19 bits per heavy atom. The number of hydrogen-bond donors (Lipinski definition) is 3. The number of benzene rings is 1. The van der Waals surface area contributed by atoms with Crippen molar-refractivity contribution in [1.29, 1.82) is 0 Å². The van der Waals surface area contributed by atoms with Crippen LogP contribution in [0.25, 0.3) is 11.0 Å². The summed E-state index contributed by atoms with van der Waals surface area (Å²) in [6.07, 6.45) is 3.76. The molecule has 3 fully saturated rings. The van der Waals surface area contributed by atoms with Crippen LogP contribution in [0.1, 0.15) is 46.0 Å². The Kier molecular flexibility index (Phi) is 7.44. The van der Waals surface area contributed by atoms with E-state index in [4.69, 9.17) is 0 Å². The van der Waals surface area contributed by atoms with Crippen molar-refractivity contribution in [1.82, 2.24) is 30.5 Å². The lowest BCUT2D eigenvalue weighted by molar-refractivity contribution is -0.140. The zero-order valence-corrected chi connectivity index (χ0v) is 22.2. The van der Waals surface area contributed by atoms with Crippen LogP contribution in [0.2, 0.25) is 0 Å². The van der Waals surface area contributed by atoms with Crippen molar-refractivity contribution in [3.8, 4) is 0 Å². The molecule has 11 heteroatoms. The van der Waals surface area contributed by atoms with Crippen molar-refractivity contribution in [2.24, 2.45) is 17.8 Å². The molecule has 3 N–H and O–H groups in total. The van der Waals surface area contributed by atoms with Crippen molar-refractivity contribution >= 4 is 40.5 Å². The molecule has 1 spiro atoms. The Labute approximate surface area is 220 Å². The fraction of sp³-hybridized carbons (Fsp3) is 0.654. The molecule has 10 nitrogen and oxygen atoms in total. The molecule has 3 aliphatic rings. The van der Waals surface area contributed by atoms with E-state index >= 15 is 0 Å². The normalized spacial score (nSPS) is 30.2. The highest BCUT2D eigenvalue weighted by atomic mass is 32.2. The summed E-state index contributed by atoms with van der Waals surface area (Å²) >= 11 is 1.68. The summed E-state index contributed by atoms with van der Waals surface area (Å²) in [5.41, 5.74) is 1.57. The zero-order chi connectivity index (χ0) is 26.2. The number of aliphatic hydroxyl groups is 1. The van der Waals surface area contributed by atoms with Gasteiger partial charge >= 0.3 is 0 Å². The fourth-order valence-corrected chi connectivity index (χ4v) is 9.00. The number of carbonyl (C=O) groups excluding carboxylic acids is 3. The van der Waals surface area contributed by atoms with Gasteiger partial charge in [-0.3, -0.25) is 14.4 Å². The van der Waals surface area contributed by atoms with E-state index in [1.165, 1.54) is 0 Å². The molecule has 2 bridgehead atoms. The Hall–Kier alpha value is -2.66. The molecule has 2 aromatic rings. The van der Waals surface area contributed by atoms with Crippen LogP contribution in [0.3, 0.4) is 0 Å². The van der Waals surface area contributed by atoms with Crippen molar-refractivity contribution in [2.45, 2.75) is 68.7 Å². The largest absolute Gasteiger partial charge is 0.396 e. The number of aliphatic hydroxyl groups excluding tert-OH is 1. The Morgan fingerprint density at radius 3 is 2.78 bits per heavy atom. The first kappa shape index (κ1) is 26.0. The summed E-state index contributed by atoms with van der Waals surface area (Å²) in [7, 11) is 0. The minimum atomic E-state index is -0.664. The van der Waals surface area contributed by atoms with Crippen LogP contribution < -0.4 is 10.6 Å². The van der Waals surface area contributed by atoms with Crippen LogP contribution >= 0.6 is 11.8 Å². The van der Waals surface area contributed by atoms with Crippen LogP contribution in [0.15, 0.2) is 24.3 Å². The summed E-state index contributed by atoms with van der Waals surface area (Å²) in [6, 6.07) is 6.89. The summed E-state index contributed by atoms with van der Waals surface area (Å²) in [4.78, 5) is 42.8. The number of unbranched alkanes of at least 4 members (excludes halogenated alkanes) is 2. The van der Waals surface area contributed by atoms with Gasteiger partial charge in [0.2, 0.25) is 17.7 Å². The van der Waals surface area contributed by atoms with Gasteiger partial charge in [0.25, 0.3) is 0 Å². The first-order valence-corrected chi connectivity index (χ1v) is 14.2. The molecule has 3 amide bonds. The molecular formula is C26H36N6O4S. The van der Waals surface area contributed by atoms with E-state index in [2.05, 4.69) is 27.9 Å². The maximum Gasteiger partial charge on any atom is 0.245 e. The van der Waals surface area contributed by atoms with Gasteiger partial charge in [-0.25, -0.2) is 4.68 Å². The summed E-state index contributed by atoms with van der Waals surface area (Å²) < 4.78 is 1.01. The predicted molar refractivity (Wildman–Crippen MR) is 140 cm³/mol. The second-order valence-corrected chi connectivity index (χ2v) is 12.0. The average Bonchev–Trinajstić information content (AvgIpc) is 3.61. The zero-order valence-electron chi connectivity index (χ0n) is 21.4. The van der Waals surface area contributed by atoms with E-state index in [1.807, 2.05) is 31.2 Å². The number of nitrogens with one attached hydrogen (secondary N) is 2. The molecular weight excluding hydrogens is 492 g/mol. The molecule has 6 atom stereocenters. The van der Waals surface area contributed by atoms with Gasteiger partial charge in [-0.2, -0.15) is 0 Å². The van der Waals surface area contributed by atoms with E-state index in [9.17, 15) is 19.5 Å². The van der Waals surface area contributed by atoms with Crippen molar-refractivity contribution < 1.29 is 19.5 Å². The summed E-state index contributed by atoms with van der Waals surface area (Å²) in [5.74, 6) is -1.18. The monoisotopic (exact) mass is 528 g/mol. The summed E-state index contributed by atoms with van der Waals surface area (Å²) in [6.45, 7) is 5.39. The molecule has 3 aliphatic heterocycles. The third kappa shape index (κ3) is 4.29. The van der Waals surface area contributed by atoms with Crippen LogP contribution in [0.4, 0.5) is 0 Å². The first-order chi connectivity index (χ1) is 17.9. The molecule has 5 rings (SSSR count). The second kappa shape index (κ2) is 10.6. The van der Waals surface area contributed by atoms with Gasteiger partial charge in [0.15, 0.2) is 0 Å². The van der Waals surface area contributed by atoms with E-state index in [-0.39, 0.29) is 42.2 Å². The van der Waals surface area contributed by atoms with Gasteiger partial charge < -0.3 is 20.6 Å². The second-order valence-electron chi connectivity index (χ2n) is 10.4. The molecule has 3 saturated heterocycles. The average molecular weight is 529 g/mol. The highest BCUT2D eigenvalue weighted by Crippen LogP contribution is 2.68. The molecule has 0 radical (unpaired) electrons. The standard InChI is InChI=1S/C26H36N6O4S/c1-3-11-27-23(34)20-19-14-16(2)26(37-19)21(20)25(36)31(12-7-4-8-13-33)22(26)24(35)28-15-32-18-10-6-5-9-17(18)29-30-32/h5-6,9-10,16,19-22,33H,3-4,7-8,11-15H2,1-2H3,(H,27,34)(H,28,35)/t16?,19-,20+,21+,22?,26?/m1/s1. The van der Waals surface area contributed by atoms with Gasteiger partial charge in [0, 0.05) is 24.9 Å². The van der Waals surface area contributed by atoms with Crippen LogP contribution in [0, 0.1) is 17.8 Å². The third-order valence-corrected chi connectivity index (χ3v) is 10.3. The molecule has 0 saturated carbocycles. The smallest absolute Gasteiger partial charge is 0.245 e. The number of fused-ring (bicyclic) bond motifs is 2. The number of aromatic nitrogens is 3. The highest BCUT2D eigenvalue weighted by molar-refractivity contribution is 8.02. The number of likely N-dealkylation sites (tertiary alicyclic amines) is 1. The van der Waals surface area contributed by atoms with Gasteiger partial charge in [-0.05, 0) is 50.2 Å². The quantitative estimate of drug-likeness (QED) is 0.377. The molecule has 200 valence electrons. The lowest BCUT2D eigenvalue weighted by atomic mass is 9.66. The van der Waals surface area contributed by atoms with Gasteiger partial charge in [-0.15, -0.1) is 16.9 Å². The van der Waals surface area contributed by atoms with Gasteiger partial charge in [0.05, 0.1) is 22.1 Å². The highest BCUT2D eigenvalue weighted by Gasteiger charge is 2.75. The predicted octanol–water partition coefficient (Wildman–Crippen LogP) is 1.53. The van der Waals surface area contributed by atoms with E-state index in [0.29, 0.717) is 25.9 Å². The minimum absolute atomic E-state index is 0.0342. The minimum Gasteiger partial charge on any atom is -0.396 e. The SMILES string of the molecule is CCCNC(=O)[C@@H]1[C@H]2C(=O)N(CCCCCO)C(C(=O)NCn3nnc4ccccc43)C23S[C@@H]1CC3C. The van der Waals surface area contributed by atoms with Crippen LogP contribution in [-0.2, 0) is 21.1 Å². The van der Waals surface area contributed by atoms with Crippen LogP contribution in [0.5, 0.6) is 0 Å². The molecule has 0 aliphatic carbocycles. The van der Waals surface area contributed by atoms with Gasteiger partial charge in [0.1, 0.15) is 18.2 Å². The lowest BCUT2D eigenvalue weighted by Crippen LogP contribution is -2.56. The molecule has 37 heavy (non-hydrogen) atoms. The number of carbonyl (C=O) groups is 3. The summed E-state index contributed by atoms with van der Waals surface area (Å²) in [5, 5.41) is 23.6. The fourth-order valence-electron chi connectivity index (χ4n) is 6.58. The third-order valence-electron chi connectivity index (χ3n) is 8.23. The van der Waals surface area contributed by atoms with Crippen molar-refractivity contribution in [2.75, 3.05) is 19.7 Å². The van der Waals surface area contributed by atoms with Crippen molar-refractivity contribution in [3.05, 3.63) is 24.3 Å². The molecule has 1 aromatic heterocycles. The van der Waals surface area contributed by atoms with Crippen molar-refractivity contribution in [3.63, 3.8) is 0 Å². The number of hydrogen-bond acceptors (Lipinski definition) is 7. The number of para-hydroxylation sites is 1. The van der Waals surface area contributed by atoms with E-state index in [0.717, 1.165) is 30.3 Å². The van der Waals surface area contributed by atoms with E-state index < -0.39 is 22.6 Å². The first-order valence-electron chi connectivity index (χ1n) is 13.4. The maximum atomic E-state index is 14.0. The Morgan fingerprint density at radius 2 is 2.00 bits per heavy atom. The number of thioether (sulfide) groups is 1.